The fraction of sp³-hybridized carbons (Fsp3) is 0.714. The van der Waals surface area contributed by atoms with Crippen molar-refractivity contribution < 1.29 is 19.4 Å². The molecule has 0 heterocycles. The maximum atomic E-state index is 10.3. The SMILES string of the molecule is C=C(CC[C@@H](CCC(=N)/C(N)=C/CCCOC(=O)O)NCOCC)C(C)CC. The summed E-state index contributed by atoms with van der Waals surface area (Å²) in [6.07, 6.45) is 6.02. The molecule has 0 aliphatic carbocycles. The number of nitrogens with two attached hydrogens (primary N) is 1. The predicted molar refractivity (Wildman–Crippen MR) is 114 cm³/mol. The van der Waals surface area contributed by atoms with Gasteiger partial charge < -0.3 is 25.7 Å². The molecule has 28 heavy (non-hydrogen) atoms. The zero-order chi connectivity index (χ0) is 21.4. The van der Waals surface area contributed by atoms with E-state index in [2.05, 4.69) is 30.5 Å². The van der Waals surface area contributed by atoms with Crippen molar-refractivity contribution in [1.29, 1.82) is 5.41 Å². The Hall–Kier alpha value is -1.86. The van der Waals surface area contributed by atoms with E-state index in [1.165, 1.54) is 5.57 Å². The van der Waals surface area contributed by atoms with Crippen LogP contribution in [0.3, 0.4) is 0 Å². The summed E-state index contributed by atoms with van der Waals surface area (Å²) in [4.78, 5) is 10.3. The molecule has 0 saturated carbocycles. The second-order valence-electron chi connectivity index (χ2n) is 6.98. The van der Waals surface area contributed by atoms with Crippen molar-refractivity contribution in [3.8, 4) is 0 Å². The molecule has 0 aromatic rings. The maximum Gasteiger partial charge on any atom is 0.505 e. The molecule has 162 valence electrons. The highest BCUT2D eigenvalue weighted by molar-refractivity contribution is 5.96. The smallest absolute Gasteiger partial charge is 0.450 e. The molecular weight excluding hydrogens is 358 g/mol. The van der Waals surface area contributed by atoms with Crippen LogP contribution in [0.2, 0.25) is 0 Å². The summed E-state index contributed by atoms with van der Waals surface area (Å²) in [7, 11) is 0. The van der Waals surface area contributed by atoms with E-state index < -0.39 is 6.16 Å². The third-order valence-corrected chi connectivity index (χ3v) is 4.83. The number of allylic oxidation sites excluding steroid dienone is 3. The third-order valence-electron chi connectivity index (χ3n) is 4.83. The molecule has 0 spiro atoms. The molecule has 2 atom stereocenters. The van der Waals surface area contributed by atoms with Crippen molar-refractivity contribution >= 4 is 11.9 Å². The first-order valence-corrected chi connectivity index (χ1v) is 10.2. The van der Waals surface area contributed by atoms with Crippen molar-refractivity contribution in [2.24, 2.45) is 11.7 Å². The average molecular weight is 398 g/mol. The van der Waals surface area contributed by atoms with E-state index in [0.29, 0.717) is 49.9 Å². The van der Waals surface area contributed by atoms with Crippen LogP contribution in [0.15, 0.2) is 23.9 Å². The van der Waals surface area contributed by atoms with E-state index >= 15 is 0 Å². The normalized spacial score (nSPS) is 13.8. The molecule has 0 radical (unpaired) electrons. The van der Waals surface area contributed by atoms with Crippen LogP contribution in [0.25, 0.3) is 0 Å². The fourth-order valence-electron chi connectivity index (χ4n) is 2.61. The van der Waals surface area contributed by atoms with Gasteiger partial charge in [-0.1, -0.05) is 32.1 Å². The van der Waals surface area contributed by atoms with Gasteiger partial charge >= 0.3 is 6.16 Å². The fourth-order valence-corrected chi connectivity index (χ4v) is 2.61. The van der Waals surface area contributed by atoms with Crippen LogP contribution in [-0.4, -0.2) is 43.0 Å². The molecule has 0 bridgehead atoms. The van der Waals surface area contributed by atoms with Gasteiger partial charge in [0.15, 0.2) is 0 Å². The van der Waals surface area contributed by atoms with Crippen LogP contribution in [0.5, 0.6) is 0 Å². The van der Waals surface area contributed by atoms with Gasteiger partial charge in [-0.05, 0) is 57.8 Å². The van der Waals surface area contributed by atoms with Crippen LogP contribution in [0.4, 0.5) is 4.79 Å². The molecule has 1 unspecified atom stereocenters. The number of nitrogens with one attached hydrogen (secondary N) is 2. The zero-order valence-corrected chi connectivity index (χ0v) is 17.8. The summed E-state index contributed by atoms with van der Waals surface area (Å²) in [6, 6.07) is 0.240. The molecule has 0 aliphatic heterocycles. The topological polar surface area (TPSA) is 118 Å². The minimum Gasteiger partial charge on any atom is -0.450 e. The second kappa shape index (κ2) is 16.1. The van der Waals surface area contributed by atoms with Gasteiger partial charge in [-0.25, -0.2) is 4.79 Å². The minimum atomic E-state index is -1.27. The van der Waals surface area contributed by atoms with E-state index in [-0.39, 0.29) is 12.6 Å². The highest BCUT2D eigenvalue weighted by atomic mass is 16.7. The standard InChI is InChI=1S/C21H39N3O4/c1-5-16(3)17(4)10-11-18(24-15-27-6-2)12-13-20(23)19(22)9-7-8-14-28-21(25)26/h9,16,18,23-24H,4-8,10-15,22H2,1-3H3,(H,25,26)/b19-9-,23-20?/t16?,18-/m0/s1. The molecule has 7 nitrogen and oxygen atoms in total. The van der Waals surface area contributed by atoms with Gasteiger partial charge in [0.05, 0.1) is 19.0 Å². The Kier molecular flexibility index (Phi) is 15.1. The van der Waals surface area contributed by atoms with Gasteiger partial charge in [0, 0.05) is 18.3 Å². The van der Waals surface area contributed by atoms with Crippen molar-refractivity contribution in [3.05, 3.63) is 23.9 Å². The highest BCUT2D eigenvalue weighted by Gasteiger charge is 2.13. The Bertz CT molecular complexity index is 506. The van der Waals surface area contributed by atoms with Crippen LogP contribution in [0.1, 0.15) is 65.7 Å². The van der Waals surface area contributed by atoms with Crippen LogP contribution in [0, 0.1) is 11.3 Å². The summed E-state index contributed by atoms with van der Waals surface area (Å²) >= 11 is 0. The van der Waals surface area contributed by atoms with Gasteiger partial charge in [0.25, 0.3) is 0 Å². The minimum absolute atomic E-state index is 0.135. The van der Waals surface area contributed by atoms with Crippen LogP contribution in [-0.2, 0) is 9.47 Å². The Morgan fingerprint density at radius 2 is 2.00 bits per heavy atom. The first-order valence-electron chi connectivity index (χ1n) is 10.2. The molecule has 0 aromatic carbocycles. The quantitative estimate of drug-likeness (QED) is 0.0947. The zero-order valence-electron chi connectivity index (χ0n) is 17.8. The lowest BCUT2D eigenvalue weighted by atomic mass is 9.93. The maximum absolute atomic E-state index is 10.3. The average Bonchev–Trinajstić information content (AvgIpc) is 2.67. The van der Waals surface area contributed by atoms with Crippen molar-refractivity contribution in [1.82, 2.24) is 5.32 Å². The van der Waals surface area contributed by atoms with Gasteiger partial charge in [-0.2, -0.15) is 0 Å². The number of unbranched alkanes of at least 4 members (excludes halogenated alkanes) is 1. The molecule has 0 aliphatic rings. The van der Waals surface area contributed by atoms with Crippen LogP contribution >= 0.6 is 0 Å². The summed E-state index contributed by atoms with van der Waals surface area (Å²) in [5.41, 5.74) is 8.09. The van der Waals surface area contributed by atoms with Gasteiger partial charge in [-0.15, -0.1) is 0 Å². The van der Waals surface area contributed by atoms with E-state index in [9.17, 15) is 4.79 Å². The summed E-state index contributed by atoms with van der Waals surface area (Å²) < 4.78 is 9.86. The Morgan fingerprint density at radius 1 is 1.32 bits per heavy atom. The van der Waals surface area contributed by atoms with Crippen molar-refractivity contribution in [3.63, 3.8) is 0 Å². The molecule has 5 N–H and O–H groups in total. The molecule has 0 amide bonds. The molecule has 7 heteroatoms. The van der Waals surface area contributed by atoms with E-state index in [1.54, 1.807) is 6.08 Å². The first-order chi connectivity index (χ1) is 13.3. The number of ether oxygens (including phenoxy) is 2. The predicted octanol–water partition coefficient (Wildman–Crippen LogP) is 4.44. The number of hydrogen-bond acceptors (Lipinski definition) is 6. The summed E-state index contributed by atoms with van der Waals surface area (Å²) in [6.45, 7) is 11.8. The van der Waals surface area contributed by atoms with E-state index in [1.807, 2.05) is 6.92 Å². The first kappa shape index (κ1) is 26.1. The number of carboxylic acid groups (broad SMARTS) is 1. The molecule has 0 fully saturated rings. The van der Waals surface area contributed by atoms with E-state index in [4.69, 9.17) is 21.0 Å². The van der Waals surface area contributed by atoms with E-state index in [0.717, 1.165) is 25.7 Å². The number of rotatable bonds is 17. The Balaban J connectivity index is 4.41. The lowest BCUT2D eigenvalue weighted by molar-refractivity contribution is 0.0908. The van der Waals surface area contributed by atoms with Crippen molar-refractivity contribution in [2.45, 2.75) is 71.8 Å². The summed E-state index contributed by atoms with van der Waals surface area (Å²) in [5, 5.41) is 20.0. The molecule has 0 saturated heterocycles. The van der Waals surface area contributed by atoms with Gasteiger partial charge in [-0.3, -0.25) is 5.32 Å². The Labute approximate surface area is 169 Å². The van der Waals surface area contributed by atoms with Crippen molar-refractivity contribution in [2.75, 3.05) is 19.9 Å². The lowest BCUT2D eigenvalue weighted by Crippen LogP contribution is -2.32. The largest absolute Gasteiger partial charge is 0.505 e. The van der Waals surface area contributed by atoms with Gasteiger partial charge in [0.1, 0.15) is 0 Å². The molecular formula is C21H39N3O4. The highest BCUT2D eigenvalue weighted by Crippen LogP contribution is 2.19. The molecule has 0 rings (SSSR count). The lowest BCUT2D eigenvalue weighted by Gasteiger charge is -2.21. The number of carbonyl (C=O) groups is 1. The second-order valence-corrected chi connectivity index (χ2v) is 6.98. The monoisotopic (exact) mass is 397 g/mol. The van der Waals surface area contributed by atoms with Crippen LogP contribution < -0.4 is 11.1 Å². The summed E-state index contributed by atoms with van der Waals surface area (Å²) in [5.74, 6) is 0.523. The Morgan fingerprint density at radius 3 is 2.61 bits per heavy atom. The number of hydrogen-bond donors (Lipinski definition) is 4. The van der Waals surface area contributed by atoms with Gasteiger partial charge in [0.2, 0.25) is 0 Å². The molecule has 0 aromatic heterocycles. The third kappa shape index (κ3) is 13.3.